The van der Waals surface area contributed by atoms with Crippen molar-refractivity contribution in [2.45, 2.75) is 58.7 Å². The Bertz CT molecular complexity index is 148. The molecule has 0 saturated heterocycles. The summed E-state index contributed by atoms with van der Waals surface area (Å²) in [4.78, 5) is 0. The highest BCUT2D eigenvalue weighted by Crippen LogP contribution is 2.26. The van der Waals surface area contributed by atoms with Crippen LogP contribution < -0.4 is 0 Å². The molecule has 0 spiro atoms. The standard InChI is InChI=1S/C11H23BO2/c1-6-7-8-9(2)11(3,4)14-10(12)13-5/h9-10H,6-8H2,1-5H3/t9?,10-/m0/s1. The van der Waals surface area contributed by atoms with Gasteiger partial charge in [-0.15, -0.1) is 0 Å². The molecule has 0 saturated carbocycles. The van der Waals surface area contributed by atoms with Gasteiger partial charge in [0.05, 0.1) is 5.60 Å². The van der Waals surface area contributed by atoms with Gasteiger partial charge in [-0.2, -0.15) is 0 Å². The number of methoxy groups -OCH3 is 1. The molecule has 2 atom stereocenters. The first-order chi connectivity index (χ1) is 6.44. The Morgan fingerprint density at radius 1 is 1.36 bits per heavy atom. The van der Waals surface area contributed by atoms with E-state index in [0.29, 0.717) is 5.92 Å². The van der Waals surface area contributed by atoms with Crippen molar-refractivity contribution in [3.8, 4) is 0 Å². The SMILES string of the molecule is [B][C@@H](OC)OC(C)(C)C(C)CCCC. The summed E-state index contributed by atoms with van der Waals surface area (Å²) in [5, 5.41) is 0. The van der Waals surface area contributed by atoms with Crippen molar-refractivity contribution in [1.82, 2.24) is 0 Å². The quantitative estimate of drug-likeness (QED) is 0.462. The van der Waals surface area contributed by atoms with Crippen molar-refractivity contribution in [2.24, 2.45) is 5.92 Å². The van der Waals surface area contributed by atoms with E-state index in [1.165, 1.54) is 19.3 Å². The first-order valence-electron chi connectivity index (χ1n) is 5.40. The van der Waals surface area contributed by atoms with Crippen LogP contribution in [0, 0.1) is 5.92 Å². The Balaban J connectivity index is 4.01. The van der Waals surface area contributed by atoms with Gasteiger partial charge < -0.3 is 9.47 Å². The van der Waals surface area contributed by atoms with E-state index in [2.05, 4.69) is 27.7 Å². The zero-order chi connectivity index (χ0) is 11.2. The second kappa shape index (κ2) is 6.47. The van der Waals surface area contributed by atoms with Crippen LogP contribution in [0.2, 0.25) is 0 Å². The molecule has 2 nitrogen and oxygen atoms in total. The third-order valence-corrected chi connectivity index (χ3v) is 2.83. The van der Waals surface area contributed by atoms with Crippen LogP contribution in [0.15, 0.2) is 0 Å². The largest absolute Gasteiger partial charge is 0.365 e. The topological polar surface area (TPSA) is 18.5 Å². The Hall–Kier alpha value is -0.0151. The van der Waals surface area contributed by atoms with Gasteiger partial charge in [-0.25, -0.2) is 0 Å². The minimum atomic E-state index is -0.617. The van der Waals surface area contributed by atoms with Gasteiger partial charge in [0.25, 0.3) is 0 Å². The monoisotopic (exact) mass is 198 g/mol. The Kier molecular flexibility index (Phi) is 6.46. The van der Waals surface area contributed by atoms with E-state index >= 15 is 0 Å². The molecular weight excluding hydrogens is 175 g/mol. The molecule has 82 valence electrons. The second-order valence-electron chi connectivity index (χ2n) is 4.37. The van der Waals surface area contributed by atoms with E-state index in [4.69, 9.17) is 17.3 Å². The number of ether oxygens (including phenoxy) is 2. The molecule has 14 heavy (non-hydrogen) atoms. The molecule has 1 unspecified atom stereocenters. The van der Waals surface area contributed by atoms with Crippen LogP contribution in [-0.4, -0.2) is 26.7 Å². The normalized spacial score (nSPS) is 16.6. The van der Waals surface area contributed by atoms with E-state index in [1.54, 1.807) is 7.11 Å². The summed E-state index contributed by atoms with van der Waals surface area (Å²) in [7, 11) is 7.13. The lowest BCUT2D eigenvalue weighted by Crippen LogP contribution is -2.37. The zero-order valence-corrected chi connectivity index (χ0v) is 10.2. The highest BCUT2D eigenvalue weighted by Gasteiger charge is 2.27. The maximum absolute atomic E-state index is 5.60. The van der Waals surface area contributed by atoms with E-state index < -0.39 is 6.19 Å². The molecule has 0 amide bonds. The van der Waals surface area contributed by atoms with Crippen LogP contribution in [0.3, 0.4) is 0 Å². The van der Waals surface area contributed by atoms with Crippen molar-refractivity contribution < 1.29 is 9.47 Å². The molecular formula is C11H23BO2. The Morgan fingerprint density at radius 3 is 2.36 bits per heavy atom. The summed E-state index contributed by atoms with van der Waals surface area (Å²) in [6.07, 6.45) is 3.00. The van der Waals surface area contributed by atoms with Crippen LogP contribution >= 0.6 is 0 Å². The molecule has 0 aliphatic heterocycles. The summed E-state index contributed by atoms with van der Waals surface area (Å²) >= 11 is 0. The molecule has 0 aliphatic rings. The summed E-state index contributed by atoms with van der Waals surface area (Å²) in [5.41, 5.74) is -0.218. The summed E-state index contributed by atoms with van der Waals surface area (Å²) < 4.78 is 10.5. The zero-order valence-electron chi connectivity index (χ0n) is 10.2. The molecule has 2 radical (unpaired) electrons. The first kappa shape index (κ1) is 14.0. The third kappa shape index (κ3) is 5.01. The van der Waals surface area contributed by atoms with Crippen LogP contribution in [0.4, 0.5) is 0 Å². The van der Waals surface area contributed by atoms with E-state index in [1.807, 2.05) is 0 Å². The average Bonchev–Trinajstić information content (AvgIpc) is 2.13. The highest BCUT2D eigenvalue weighted by molar-refractivity contribution is 6.10. The van der Waals surface area contributed by atoms with E-state index in [9.17, 15) is 0 Å². The first-order valence-corrected chi connectivity index (χ1v) is 5.40. The van der Waals surface area contributed by atoms with Crippen molar-refractivity contribution in [1.29, 1.82) is 0 Å². The van der Waals surface area contributed by atoms with Gasteiger partial charge in [-0.1, -0.05) is 26.7 Å². The highest BCUT2D eigenvalue weighted by atomic mass is 16.7. The number of unbranched alkanes of at least 4 members (excludes halogenated alkanes) is 1. The van der Waals surface area contributed by atoms with Gasteiger partial charge >= 0.3 is 0 Å². The molecule has 0 aromatic carbocycles. The average molecular weight is 198 g/mol. The maximum Gasteiger partial charge on any atom is 0.149 e. The molecule has 3 heteroatoms. The van der Waals surface area contributed by atoms with Gasteiger partial charge in [-0.05, 0) is 26.2 Å². The van der Waals surface area contributed by atoms with Gasteiger partial charge in [0.1, 0.15) is 14.0 Å². The van der Waals surface area contributed by atoms with Gasteiger partial charge in [0.15, 0.2) is 0 Å². The van der Waals surface area contributed by atoms with Crippen molar-refractivity contribution in [2.75, 3.05) is 7.11 Å². The van der Waals surface area contributed by atoms with Crippen LogP contribution in [0.5, 0.6) is 0 Å². The van der Waals surface area contributed by atoms with Gasteiger partial charge in [0.2, 0.25) is 0 Å². The van der Waals surface area contributed by atoms with Crippen molar-refractivity contribution in [3.05, 3.63) is 0 Å². The second-order valence-corrected chi connectivity index (χ2v) is 4.37. The molecule has 0 fully saturated rings. The molecule has 0 aromatic heterocycles. The van der Waals surface area contributed by atoms with Crippen LogP contribution in [-0.2, 0) is 9.47 Å². The molecule has 0 N–H and O–H groups in total. The lowest BCUT2D eigenvalue weighted by Gasteiger charge is -2.34. The Morgan fingerprint density at radius 2 is 1.93 bits per heavy atom. The van der Waals surface area contributed by atoms with Gasteiger partial charge in [-0.3, -0.25) is 0 Å². The fourth-order valence-corrected chi connectivity index (χ4v) is 1.32. The molecule has 0 bridgehead atoms. The lowest BCUT2D eigenvalue weighted by atomic mass is 9.87. The predicted octanol–water partition coefficient (Wildman–Crippen LogP) is 2.71. The smallest absolute Gasteiger partial charge is 0.149 e. The molecule has 0 aromatic rings. The summed E-state index contributed by atoms with van der Waals surface area (Å²) in [5.74, 6) is 0.489. The minimum Gasteiger partial charge on any atom is -0.365 e. The third-order valence-electron chi connectivity index (χ3n) is 2.83. The summed E-state index contributed by atoms with van der Waals surface area (Å²) in [6, 6.07) is 0. The van der Waals surface area contributed by atoms with Crippen LogP contribution in [0.1, 0.15) is 47.0 Å². The molecule has 0 aliphatic carbocycles. The predicted molar refractivity (Wildman–Crippen MR) is 60.4 cm³/mol. The number of hydrogen-bond acceptors (Lipinski definition) is 2. The molecule has 0 heterocycles. The number of hydrogen-bond donors (Lipinski definition) is 0. The number of rotatable bonds is 7. The van der Waals surface area contributed by atoms with Gasteiger partial charge in [0, 0.05) is 7.11 Å². The maximum atomic E-state index is 5.60. The van der Waals surface area contributed by atoms with Crippen molar-refractivity contribution in [3.63, 3.8) is 0 Å². The fourth-order valence-electron chi connectivity index (χ4n) is 1.32. The summed E-state index contributed by atoms with van der Waals surface area (Å²) in [6.45, 7) is 8.51. The van der Waals surface area contributed by atoms with Crippen LogP contribution in [0.25, 0.3) is 0 Å². The fraction of sp³-hybridized carbons (Fsp3) is 1.00. The van der Waals surface area contributed by atoms with E-state index in [0.717, 1.165) is 0 Å². The van der Waals surface area contributed by atoms with Crippen molar-refractivity contribution >= 4 is 7.85 Å². The Labute approximate surface area is 89.8 Å². The van der Waals surface area contributed by atoms with E-state index in [-0.39, 0.29) is 5.60 Å². The minimum absolute atomic E-state index is 0.218. The lowest BCUT2D eigenvalue weighted by molar-refractivity contribution is -0.163. The molecule has 0 rings (SSSR count).